The van der Waals surface area contributed by atoms with E-state index in [0.717, 1.165) is 45.4 Å². The van der Waals surface area contributed by atoms with E-state index in [9.17, 15) is 9.90 Å². The summed E-state index contributed by atoms with van der Waals surface area (Å²) in [7, 11) is 0. The Balaban J connectivity index is 1.32. The van der Waals surface area contributed by atoms with E-state index in [2.05, 4.69) is 15.3 Å². The molecule has 1 spiro atoms. The van der Waals surface area contributed by atoms with Gasteiger partial charge < -0.3 is 24.5 Å². The van der Waals surface area contributed by atoms with Crippen LogP contribution in [0.4, 0.5) is 0 Å². The first-order valence-corrected chi connectivity index (χ1v) is 10.4. The predicted octanol–water partition coefficient (Wildman–Crippen LogP) is 1.67. The maximum absolute atomic E-state index is 12.5. The van der Waals surface area contributed by atoms with E-state index in [1.165, 1.54) is 6.26 Å². The number of hydrogen-bond acceptors (Lipinski definition) is 6. The summed E-state index contributed by atoms with van der Waals surface area (Å²) in [6.45, 7) is 6.07. The number of aromatic nitrogens is 2. The second-order valence-electron chi connectivity index (χ2n) is 8.38. The zero-order valence-corrected chi connectivity index (χ0v) is 16.9. The highest BCUT2D eigenvalue weighted by Crippen LogP contribution is 2.40. The van der Waals surface area contributed by atoms with E-state index in [1.54, 1.807) is 18.3 Å². The van der Waals surface area contributed by atoms with Crippen molar-refractivity contribution in [2.75, 3.05) is 26.2 Å². The monoisotopic (exact) mass is 402 g/mol. The predicted molar refractivity (Wildman–Crippen MR) is 106 cm³/mol. The topological polar surface area (TPSA) is 92.8 Å². The van der Waals surface area contributed by atoms with Gasteiger partial charge in [0, 0.05) is 38.6 Å². The van der Waals surface area contributed by atoms with Gasteiger partial charge in [0.2, 0.25) is 0 Å². The molecule has 158 valence electrons. The van der Waals surface area contributed by atoms with E-state index in [-0.39, 0.29) is 11.7 Å². The molecule has 0 radical (unpaired) electrons. The average Bonchev–Trinajstić information content (AvgIpc) is 3.42. The van der Waals surface area contributed by atoms with E-state index in [1.807, 2.05) is 23.9 Å². The number of nitrogens with one attached hydrogen (secondary N) is 1. The smallest absolute Gasteiger partial charge is 0.287 e. The molecule has 8 heteroatoms. The highest BCUT2D eigenvalue weighted by atomic mass is 16.5. The summed E-state index contributed by atoms with van der Waals surface area (Å²) in [4.78, 5) is 14.9. The van der Waals surface area contributed by atoms with Gasteiger partial charge in [-0.15, -0.1) is 0 Å². The molecule has 4 heterocycles. The van der Waals surface area contributed by atoms with Gasteiger partial charge in [-0.25, -0.2) is 0 Å². The van der Waals surface area contributed by atoms with Crippen molar-refractivity contribution < 1.29 is 19.1 Å². The molecule has 2 aliphatic heterocycles. The molecular formula is C21H30N4O4. The van der Waals surface area contributed by atoms with Crippen molar-refractivity contribution in [2.24, 2.45) is 0 Å². The summed E-state index contributed by atoms with van der Waals surface area (Å²) in [6, 6.07) is 5.25. The number of nitrogens with zero attached hydrogens (tertiary/aromatic N) is 3. The molecule has 2 aromatic heterocycles. The molecule has 2 aliphatic rings. The minimum absolute atomic E-state index is 0.256. The van der Waals surface area contributed by atoms with Crippen molar-refractivity contribution in [3.63, 3.8) is 0 Å². The lowest BCUT2D eigenvalue weighted by molar-refractivity contribution is -0.205. The van der Waals surface area contributed by atoms with Gasteiger partial charge in [-0.1, -0.05) is 0 Å². The summed E-state index contributed by atoms with van der Waals surface area (Å²) in [5, 5.41) is 18.5. The van der Waals surface area contributed by atoms with E-state index in [0.29, 0.717) is 13.0 Å². The number of ether oxygens (including phenoxy) is 1. The second kappa shape index (κ2) is 8.30. The standard InChI is InChI=1S/C21H30N4O4/c1-20(23-18(26)17-5-2-15-28-17)8-16-29-21(19(20)27)6-13-24(14-7-21)10-4-12-25-11-3-9-22-25/h2-3,5,9,11,15,19,27H,4,6-8,10,12-14,16H2,1H3,(H,23,26)/t19-,20+/m1/s1. The fourth-order valence-electron chi connectivity index (χ4n) is 4.58. The number of furan rings is 1. The van der Waals surface area contributed by atoms with Crippen LogP contribution in [-0.4, -0.2) is 69.2 Å². The summed E-state index contributed by atoms with van der Waals surface area (Å²) in [6.07, 6.45) is 7.59. The Kier molecular flexibility index (Phi) is 5.76. The maximum Gasteiger partial charge on any atom is 0.287 e. The van der Waals surface area contributed by atoms with E-state index < -0.39 is 17.2 Å². The lowest BCUT2D eigenvalue weighted by atomic mass is 9.73. The Labute approximate surface area is 170 Å². The number of amides is 1. The fourth-order valence-corrected chi connectivity index (χ4v) is 4.58. The van der Waals surface area contributed by atoms with Gasteiger partial charge in [-0.2, -0.15) is 5.10 Å². The summed E-state index contributed by atoms with van der Waals surface area (Å²) in [5.74, 6) is -0.0457. The molecule has 2 N–H and O–H groups in total. The normalized spacial score (nSPS) is 27.2. The SMILES string of the molecule is C[C@]1(NC(=O)c2ccco2)CCOC2(CCN(CCCn3cccn3)CC2)[C@@H]1O. The van der Waals surface area contributed by atoms with E-state index >= 15 is 0 Å². The first-order valence-electron chi connectivity index (χ1n) is 10.4. The minimum Gasteiger partial charge on any atom is -0.459 e. The summed E-state index contributed by atoms with van der Waals surface area (Å²) < 4.78 is 13.3. The molecule has 0 bridgehead atoms. The third kappa shape index (κ3) is 4.24. The Morgan fingerprint density at radius 2 is 2.14 bits per heavy atom. The molecule has 8 nitrogen and oxygen atoms in total. The van der Waals surface area contributed by atoms with Crippen molar-refractivity contribution in [1.29, 1.82) is 0 Å². The number of rotatable bonds is 6. The fraction of sp³-hybridized carbons (Fsp3) is 0.619. The number of aliphatic hydroxyl groups is 1. The van der Waals surface area contributed by atoms with Crippen molar-refractivity contribution in [2.45, 2.75) is 56.4 Å². The molecule has 0 aromatic carbocycles. The number of piperidine rings is 1. The Morgan fingerprint density at radius 3 is 2.83 bits per heavy atom. The lowest BCUT2D eigenvalue weighted by Gasteiger charge is -2.53. The molecule has 1 amide bonds. The highest BCUT2D eigenvalue weighted by Gasteiger charge is 2.53. The van der Waals surface area contributed by atoms with Gasteiger partial charge in [-0.3, -0.25) is 9.48 Å². The van der Waals surface area contributed by atoms with Crippen LogP contribution in [0.25, 0.3) is 0 Å². The van der Waals surface area contributed by atoms with Crippen LogP contribution in [0, 0.1) is 0 Å². The van der Waals surface area contributed by atoms with Gasteiger partial charge in [0.25, 0.3) is 5.91 Å². The highest BCUT2D eigenvalue weighted by molar-refractivity contribution is 5.92. The van der Waals surface area contributed by atoms with Crippen LogP contribution in [0.1, 0.15) is 43.2 Å². The number of carbonyl (C=O) groups is 1. The molecule has 2 atom stereocenters. The molecule has 2 aromatic rings. The van der Waals surface area contributed by atoms with Crippen molar-refractivity contribution >= 4 is 5.91 Å². The molecule has 0 unspecified atom stereocenters. The van der Waals surface area contributed by atoms with E-state index in [4.69, 9.17) is 9.15 Å². The van der Waals surface area contributed by atoms with Crippen molar-refractivity contribution in [3.8, 4) is 0 Å². The van der Waals surface area contributed by atoms with Crippen LogP contribution in [0.5, 0.6) is 0 Å². The molecule has 4 rings (SSSR count). The number of aliphatic hydroxyl groups excluding tert-OH is 1. The van der Waals surface area contributed by atoms with Crippen LogP contribution >= 0.6 is 0 Å². The zero-order valence-electron chi connectivity index (χ0n) is 16.9. The van der Waals surface area contributed by atoms with Crippen LogP contribution in [0.2, 0.25) is 0 Å². The van der Waals surface area contributed by atoms with Gasteiger partial charge in [0.1, 0.15) is 6.10 Å². The number of aryl methyl sites for hydroxylation is 1. The van der Waals surface area contributed by atoms with Crippen molar-refractivity contribution in [1.82, 2.24) is 20.0 Å². The molecule has 29 heavy (non-hydrogen) atoms. The van der Waals surface area contributed by atoms with Gasteiger partial charge in [0.05, 0.1) is 17.4 Å². The van der Waals surface area contributed by atoms with Gasteiger partial charge >= 0.3 is 0 Å². The van der Waals surface area contributed by atoms with Crippen LogP contribution in [0.15, 0.2) is 41.3 Å². The lowest BCUT2D eigenvalue weighted by Crippen LogP contribution is -2.69. The average molecular weight is 402 g/mol. The first-order chi connectivity index (χ1) is 14.0. The molecule has 2 fully saturated rings. The van der Waals surface area contributed by atoms with Crippen LogP contribution in [-0.2, 0) is 11.3 Å². The second-order valence-corrected chi connectivity index (χ2v) is 8.38. The first kappa shape index (κ1) is 20.1. The molecule has 0 saturated carbocycles. The quantitative estimate of drug-likeness (QED) is 0.764. The summed E-state index contributed by atoms with van der Waals surface area (Å²) in [5.41, 5.74) is -1.35. The molecule has 0 aliphatic carbocycles. The molecular weight excluding hydrogens is 372 g/mol. The Morgan fingerprint density at radius 1 is 1.31 bits per heavy atom. The van der Waals surface area contributed by atoms with Crippen molar-refractivity contribution in [3.05, 3.63) is 42.6 Å². The number of hydrogen-bond donors (Lipinski definition) is 2. The number of likely N-dealkylation sites (tertiary alicyclic amines) is 1. The largest absolute Gasteiger partial charge is 0.459 e. The Hall–Kier alpha value is -2.16. The minimum atomic E-state index is -0.770. The maximum atomic E-state index is 12.5. The number of carbonyl (C=O) groups excluding carboxylic acids is 1. The van der Waals surface area contributed by atoms with Gasteiger partial charge in [0.15, 0.2) is 5.76 Å². The zero-order chi connectivity index (χ0) is 20.3. The van der Waals surface area contributed by atoms with Crippen LogP contribution in [0.3, 0.4) is 0 Å². The summed E-state index contributed by atoms with van der Waals surface area (Å²) >= 11 is 0. The van der Waals surface area contributed by atoms with Crippen LogP contribution < -0.4 is 5.32 Å². The molecule has 2 saturated heterocycles. The van der Waals surface area contributed by atoms with Gasteiger partial charge in [-0.05, 0) is 57.4 Å². The third-order valence-electron chi connectivity index (χ3n) is 6.38. The third-order valence-corrected chi connectivity index (χ3v) is 6.38. The Bertz CT molecular complexity index is 784.